The van der Waals surface area contributed by atoms with E-state index in [4.69, 9.17) is 4.74 Å². The van der Waals surface area contributed by atoms with Crippen LogP contribution >= 0.6 is 15.9 Å². The van der Waals surface area contributed by atoms with Gasteiger partial charge in [-0.05, 0) is 47.1 Å². The van der Waals surface area contributed by atoms with Gasteiger partial charge in [0.1, 0.15) is 0 Å². The van der Waals surface area contributed by atoms with Crippen molar-refractivity contribution in [2.75, 3.05) is 25.5 Å². The van der Waals surface area contributed by atoms with Crippen molar-refractivity contribution in [1.29, 1.82) is 0 Å². The fraction of sp³-hybridized carbons (Fsp3) is 1.00. The van der Waals surface area contributed by atoms with Crippen molar-refractivity contribution in [3.05, 3.63) is 0 Å². The highest BCUT2D eigenvalue weighted by molar-refractivity contribution is 9.09. The van der Waals surface area contributed by atoms with Crippen LogP contribution in [-0.4, -0.2) is 42.1 Å². The molecule has 0 spiro atoms. The highest BCUT2D eigenvalue weighted by Crippen LogP contribution is 2.15. The van der Waals surface area contributed by atoms with E-state index in [1.807, 2.05) is 0 Å². The Kier molecular flexibility index (Phi) is 7.84. The summed E-state index contributed by atoms with van der Waals surface area (Å²) in [4.78, 5) is 2.52. The van der Waals surface area contributed by atoms with Crippen molar-refractivity contribution in [3.8, 4) is 0 Å². The van der Waals surface area contributed by atoms with E-state index in [0.717, 1.165) is 18.3 Å². The van der Waals surface area contributed by atoms with Gasteiger partial charge in [0.25, 0.3) is 0 Å². The van der Waals surface area contributed by atoms with Gasteiger partial charge in [-0.3, -0.25) is 0 Å². The van der Waals surface area contributed by atoms with E-state index in [1.165, 1.54) is 13.0 Å². The standard InChI is InChI=1S/C12H26BrNO/c1-11(2)14(9-6-8-13)10-7-12(3,4)15-5/h11H,6-10H2,1-5H3. The van der Waals surface area contributed by atoms with Gasteiger partial charge in [-0.25, -0.2) is 0 Å². The predicted octanol–water partition coefficient (Wildman–Crippen LogP) is 3.30. The van der Waals surface area contributed by atoms with Crippen LogP contribution in [0.2, 0.25) is 0 Å². The Hall–Kier alpha value is 0.400. The van der Waals surface area contributed by atoms with Crippen LogP contribution in [0.4, 0.5) is 0 Å². The Morgan fingerprint density at radius 1 is 1.27 bits per heavy atom. The van der Waals surface area contributed by atoms with Crippen LogP contribution in [0.5, 0.6) is 0 Å². The zero-order valence-corrected chi connectivity index (χ0v) is 12.4. The number of hydrogen-bond donors (Lipinski definition) is 0. The van der Waals surface area contributed by atoms with E-state index in [2.05, 4.69) is 48.5 Å². The molecule has 0 aromatic heterocycles. The van der Waals surface area contributed by atoms with Gasteiger partial charge in [-0.15, -0.1) is 0 Å². The number of methoxy groups -OCH3 is 1. The second-order valence-electron chi connectivity index (χ2n) is 4.89. The summed E-state index contributed by atoms with van der Waals surface area (Å²) in [6.07, 6.45) is 2.30. The number of rotatable bonds is 8. The average Bonchev–Trinajstić information content (AvgIpc) is 2.17. The number of nitrogens with zero attached hydrogens (tertiary/aromatic N) is 1. The molecule has 0 saturated heterocycles. The van der Waals surface area contributed by atoms with Gasteiger partial charge in [0.15, 0.2) is 0 Å². The van der Waals surface area contributed by atoms with Crippen molar-refractivity contribution in [2.24, 2.45) is 0 Å². The van der Waals surface area contributed by atoms with Crippen molar-refractivity contribution >= 4 is 15.9 Å². The van der Waals surface area contributed by atoms with Crippen molar-refractivity contribution < 1.29 is 4.74 Å². The van der Waals surface area contributed by atoms with Crippen LogP contribution in [0.25, 0.3) is 0 Å². The van der Waals surface area contributed by atoms with Gasteiger partial charge >= 0.3 is 0 Å². The highest BCUT2D eigenvalue weighted by Gasteiger charge is 2.18. The third-order valence-electron chi connectivity index (χ3n) is 2.86. The molecule has 0 fully saturated rings. The first-order valence-electron chi connectivity index (χ1n) is 5.78. The zero-order valence-electron chi connectivity index (χ0n) is 10.8. The molecule has 0 saturated carbocycles. The molecule has 0 N–H and O–H groups in total. The van der Waals surface area contributed by atoms with Crippen molar-refractivity contribution in [2.45, 2.75) is 52.2 Å². The maximum atomic E-state index is 5.44. The van der Waals surface area contributed by atoms with Gasteiger partial charge in [0, 0.05) is 25.0 Å². The number of alkyl halides is 1. The monoisotopic (exact) mass is 279 g/mol. The molecule has 0 aromatic rings. The van der Waals surface area contributed by atoms with E-state index in [9.17, 15) is 0 Å². The van der Waals surface area contributed by atoms with Gasteiger partial charge in [-0.2, -0.15) is 0 Å². The molecule has 0 heterocycles. The number of ether oxygens (including phenoxy) is 1. The summed E-state index contributed by atoms with van der Waals surface area (Å²) in [5.74, 6) is 0. The Morgan fingerprint density at radius 3 is 2.27 bits per heavy atom. The lowest BCUT2D eigenvalue weighted by atomic mass is 10.0. The summed E-state index contributed by atoms with van der Waals surface area (Å²) in [5, 5.41) is 1.09. The van der Waals surface area contributed by atoms with E-state index in [1.54, 1.807) is 7.11 Å². The first-order chi connectivity index (χ1) is 6.93. The van der Waals surface area contributed by atoms with Crippen LogP contribution in [-0.2, 0) is 4.74 Å². The molecule has 0 aliphatic rings. The van der Waals surface area contributed by atoms with Crippen molar-refractivity contribution in [3.63, 3.8) is 0 Å². The highest BCUT2D eigenvalue weighted by atomic mass is 79.9. The molecule has 15 heavy (non-hydrogen) atoms. The topological polar surface area (TPSA) is 12.5 Å². The summed E-state index contributed by atoms with van der Waals surface area (Å²) in [6, 6.07) is 0.622. The zero-order chi connectivity index (χ0) is 11.9. The molecule has 0 unspecified atom stereocenters. The fourth-order valence-electron chi connectivity index (χ4n) is 1.41. The largest absolute Gasteiger partial charge is 0.379 e. The minimum absolute atomic E-state index is 0.00153. The Morgan fingerprint density at radius 2 is 1.87 bits per heavy atom. The van der Waals surface area contributed by atoms with Crippen LogP contribution in [0.15, 0.2) is 0 Å². The van der Waals surface area contributed by atoms with Crippen molar-refractivity contribution in [1.82, 2.24) is 4.90 Å². The smallest absolute Gasteiger partial charge is 0.0634 e. The van der Waals surface area contributed by atoms with E-state index < -0.39 is 0 Å². The van der Waals surface area contributed by atoms with E-state index in [-0.39, 0.29) is 5.60 Å². The number of halogens is 1. The molecule has 3 heteroatoms. The third kappa shape index (κ3) is 7.31. The lowest BCUT2D eigenvalue weighted by Gasteiger charge is -2.30. The van der Waals surface area contributed by atoms with Crippen LogP contribution in [0.1, 0.15) is 40.5 Å². The lowest BCUT2D eigenvalue weighted by molar-refractivity contribution is 0.00513. The molecule has 92 valence electrons. The lowest BCUT2D eigenvalue weighted by Crippen LogP contribution is -2.37. The van der Waals surface area contributed by atoms with E-state index in [0.29, 0.717) is 6.04 Å². The molecule has 0 amide bonds. The average molecular weight is 280 g/mol. The summed E-state index contributed by atoms with van der Waals surface area (Å²) < 4.78 is 5.44. The quantitative estimate of drug-likeness (QED) is 0.633. The van der Waals surface area contributed by atoms with Crippen LogP contribution < -0.4 is 0 Å². The SMILES string of the molecule is COC(C)(C)CCN(CCCBr)C(C)C. The molecule has 2 nitrogen and oxygen atoms in total. The second kappa shape index (κ2) is 7.64. The summed E-state index contributed by atoms with van der Waals surface area (Å²) in [6.45, 7) is 11.1. The normalized spacial score (nSPS) is 12.8. The van der Waals surface area contributed by atoms with E-state index >= 15 is 0 Å². The molecule has 0 rings (SSSR count). The first-order valence-corrected chi connectivity index (χ1v) is 6.90. The van der Waals surface area contributed by atoms with Gasteiger partial charge in [0.2, 0.25) is 0 Å². The van der Waals surface area contributed by atoms with Crippen LogP contribution in [0, 0.1) is 0 Å². The molecular weight excluding hydrogens is 254 g/mol. The predicted molar refractivity (Wildman–Crippen MR) is 70.8 cm³/mol. The van der Waals surface area contributed by atoms with Gasteiger partial charge in [-0.1, -0.05) is 15.9 Å². The third-order valence-corrected chi connectivity index (χ3v) is 3.42. The summed E-state index contributed by atoms with van der Waals surface area (Å²) in [5.41, 5.74) is 0.00153. The van der Waals surface area contributed by atoms with Gasteiger partial charge in [0.05, 0.1) is 5.60 Å². The molecule has 0 aromatic carbocycles. The maximum absolute atomic E-state index is 5.44. The minimum Gasteiger partial charge on any atom is -0.379 e. The Labute approximate surface area is 103 Å². The number of hydrogen-bond acceptors (Lipinski definition) is 2. The molecule has 0 atom stereocenters. The Balaban J connectivity index is 3.95. The van der Waals surface area contributed by atoms with Crippen LogP contribution in [0.3, 0.4) is 0 Å². The van der Waals surface area contributed by atoms with Gasteiger partial charge < -0.3 is 9.64 Å². The summed E-state index contributed by atoms with van der Waals surface area (Å²) >= 11 is 3.48. The molecule has 0 aliphatic heterocycles. The molecule has 0 aliphatic carbocycles. The molecule has 0 radical (unpaired) electrons. The molecular formula is C12H26BrNO. The minimum atomic E-state index is 0.00153. The first kappa shape index (κ1) is 15.4. The summed E-state index contributed by atoms with van der Waals surface area (Å²) in [7, 11) is 1.79. The second-order valence-corrected chi connectivity index (χ2v) is 5.68. The Bertz CT molecular complexity index is 160. The molecule has 0 bridgehead atoms. The fourth-order valence-corrected chi connectivity index (χ4v) is 1.66. The maximum Gasteiger partial charge on any atom is 0.0634 e.